The van der Waals surface area contributed by atoms with Gasteiger partial charge in [-0.05, 0) is 24.5 Å². The Balaban J connectivity index is 1.86. The second-order valence-electron chi connectivity index (χ2n) is 4.95. The summed E-state index contributed by atoms with van der Waals surface area (Å²) in [6.45, 7) is 5.07. The van der Waals surface area contributed by atoms with Crippen molar-refractivity contribution in [1.29, 1.82) is 0 Å². The van der Waals surface area contributed by atoms with Gasteiger partial charge < -0.3 is 10.0 Å². The van der Waals surface area contributed by atoms with Crippen LogP contribution >= 0.6 is 11.8 Å². The van der Waals surface area contributed by atoms with E-state index in [4.69, 9.17) is 0 Å². The molecule has 2 aliphatic rings. The topological polar surface area (TPSA) is 40.5 Å². The van der Waals surface area contributed by atoms with Crippen molar-refractivity contribution in [3.05, 3.63) is 0 Å². The molecule has 2 fully saturated rings. The SMILES string of the molecule is CC(C)C1(O)CN(C(=O)C2CCCS2)C1. The van der Waals surface area contributed by atoms with Gasteiger partial charge in [-0.25, -0.2) is 0 Å². The van der Waals surface area contributed by atoms with E-state index in [9.17, 15) is 9.90 Å². The molecule has 1 N–H and O–H groups in total. The summed E-state index contributed by atoms with van der Waals surface area (Å²) in [5.41, 5.74) is -0.626. The van der Waals surface area contributed by atoms with Gasteiger partial charge >= 0.3 is 0 Å². The van der Waals surface area contributed by atoms with E-state index in [0.717, 1.165) is 18.6 Å². The number of nitrogens with zero attached hydrogens (tertiary/aromatic N) is 1. The van der Waals surface area contributed by atoms with Crippen LogP contribution in [-0.2, 0) is 4.79 Å². The molecule has 2 rings (SSSR count). The molecule has 2 saturated heterocycles. The molecule has 0 radical (unpaired) electrons. The van der Waals surface area contributed by atoms with Crippen LogP contribution in [0.2, 0.25) is 0 Å². The lowest BCUT2D eigenvalue weighted by Crippen LogP contribution is -2.67. The third kappa shape index (κ3) is 2.02. The number of β-amino-alcohol motifs (C(OH)–C–C–N with tert-alkyl or cyclic N) is 1. The van der Waals surface area contributed by atoms with Gasteiger partial charge in [0.15, 0.2) is 0 Å². The number of amides is 1. The molecule has 3 nitrogen and oxygen atoms in total. The molecule has 0 saturated carbocycles. The molecule has 0 bridgehead atoms. The van der Waals surface area contributed by atoms with Gasteiger partial charge in [-0.1, -0.05) is 13.8 Å². The van der Waals surface area contributed by atoms with Gasteiger partial charge in [0.2, 0.25) is 5.91 Å². The largest absolute Gasteiger partial charge is 0.386 e. The van der Waals surface area contributed by atoms with E-state index >= 15 is 0 Å². The first-order valence-corrected chi connectivity index (χ1v) is 6.70. The number of thioether (sulfide) groups is 1. The zero-order valence-electron chi connectivity index (χ0n) is 9.40. The summed E-state index contributed by atoms with van der Waals surface area (Å²) >= 11 is 1.76. The molecule has 0 aromatic rings. The van der Waals surface area contributed by atoms with E-state index in [0.29, 0.717) is 13.1 Å². The normalized spacial score (nSPS) is 29.3. The lowest BCUT2D eigenvalue weighted by Gasteiger charge is -2.49. The standard InChI is InChI=1S/C11H19NO2S/c1-8(2)11(14)6-12(7-11)10(13)9-4-3-5-15-9/h8-9,14H,3-7H2,1-2H3. The summed E-state index contributed by atoms with van der Waals surface area (Å²) in [5, 5.41) is 10.2. The molecule has 2 aliphatic heterocycles. The number of likely N-dealkylation sites (tertiary alicyclic amines) is 1. The lowest BCUT2D eigenvalue weighted by atomic mass is 9.83. The van der Waals surface area contributed by atoms with Crippen molar-refractivity contribution in [2.75, 3.05) is 18.8 Å². The van der Waals surface area contributed by atoms with Crippen molar-refractivity contribution in [1.82, 2.24) is 4.90 Å². The predicted octanol–water partition coefficient (Wildman–Crippen LogP) is 1.11. The fourth-order valence-electron chi connectivity index (χ4n) is 2.11. The van der Waals surface area contributed by atoms with Crippen molar-refractivity contribution in [2.45, 2.75) is 37.5 Å². The molecule has 1 amide bonds. The van der Waals surface area contributed by atoms with E-state index in [2.05, 4.69) is 0 Å². The highest BCUT2D eigenvalue weighted by Crippen LogP contribution is 2.33. The Bertz CT molecular complexity index is 255. The molecular weight excluding hydrogens is 210 g/mol. The van der Waals surface area contributed by atoms with Crippen LogP contribution in [0, 0.1) is 5.92 Å². The van der Waals surface area contributed by atoms with Gasteiger partial charge in [0.25, 0.3) is 0 Å². The van der Waals surface area contributed by atoms with Crippen molar-refractivity contribution >= 4 is 17.7 Å². The Morgan fingerprint density at radius 2 is 2.20 bits per heavy atom. The van der Waals surface area contributed by atoms with Crippen LogP contribution < -0.4 is 0 Å². The molecule has 1 unspecified atom stereocenters. The Morgan fingerprint density at radius 1 is 1.53 bits per heavy atom. The highest BCUT2D eigenvalue weighted by Gasteiger charge is 2.47. The summed E-state index contributed by atoms with van der Waals surface area (Å²) in [6.07, 6.45) is 2.17. The number of carbonyl (C=O) groups excluding carboxylic acids is 1. The molecule has 4 heteroatoms. The third-order valence-electron chi connectivity index (χ3n) is 3.52. The number of hydrogen-bond acceptors (Lipinski definition) is 3. The van der Waals surface area contributed by atoms with Crippen molar-refractivity contribution in [3.63, 3.8) is 0 Å². The summed E-state index contributed by atoms with van der Waals surface area (Å²) < 4.78 is 0. The molecular formula is C11H19NO2S. The zero-order chi connectivity index (χ0) is 11.1. The number of aliphatic hydroxyl groups is 1. The molecule has 0 aliphatic carbocycles. The van der Waals surface area contributed by atoms with Crippen LogP contribution in [-0.4, -0.2) is 45.6 Å². The first kappa shape index (κ1) is 11.3. The molecule has 0 aromatic heterocycles. The molecule has 15 heavy (non-hydrogen) atoms. The van der Waals surface area contributed by atoms with Crippen molar-refractivity contribution in [2.24, 2.45) is 5.92 Å². The van der Waals surface area contributed by atoms with Crippen LogP contribution in [0.3, 0.4) is 0 Å². The summed E-state index contributed by atoms with van der Waals surface area (Å²) in [6, 6.07) is 0. The summed E-state index contributed by atoms with van der Waals surface area (Å²) in [7, 11) is 0. The first-order valence-electron chi connectivity index (χ1n) is 5.66. The molecule has 86 valence electrons. The second kappa shape index (κ2) is 3.98. The number of rotatable bonds is 2. The van der Waals surface area contributed by atoms with Crippen LogP contribution in [0.5, 0.6) is 0 Å². The average molecular weight is 229 g/mol. The van der Waals surface area contributed by atoms with Gasteiger partial charge in [0.05, 0.1) is 18.3 Å². The van der Waals surface area contributed by atoms with Gasteiger partial charge in [-0.2, -0.15) is 0 Å². The molecule has 0 aromatic carbocycles. The summed E-state index contributed by atoms with van der Waals surface area (Å²) in [5.74, 6) is 1.58. The van der Waals surface area contributed by atoms with Crippen LogP contribution in [0.25, 0.3) is 0 Å². The van der Waals surface area contributed by atoms with Crippen LogP contribution in [0.15, 0.2) is 0 Å². The van der Waals surface area contributed by atoms with E-state index in [1.807, 2.05) is 18.7 Å². The van der Waals surface area contributed by atoms with E-state index in [-0.39, 0.29) is 17.1 Å². The van der Waals surface area contributed by atoms with Crippen LogP contribution in [0.4, 0.5) is 0 Å². The van der Waals surface area contributed by atoms with E-state index in [1.54, 1.807) is 11.8 Å². The predicted molar refractivity (Wildman–Crippen MR) is 61.8 cm³/mol. The highest BCUT2D eigenvalue weighted by atomic mass is 32.2. The van der Waals surface area contributed by atoms with E-state index < -0.39 is 5.60 Å². The van der Waals surface area contributed by atoms with Gasteiger partial charge in [0, 0.05) is 0 Å². The van der Waals surface area contributed by atoms with Crippen LogP contribution in [0.1, 0.15) is 26.7 Å². The Morgan fingerprint density at radius 3 is 2.67 bits per heavy atom. The minimum atomic E-state index is -0.626. The maximum absolute atomic E-state index is 11.9. The first-order chi connectivity index (χ1) is 7.03. The Kier molecular flexibility index (Phi) is 2.99. The second-order valence-corrected chi connectivity index (χ2v) is 6.26. The Hall–Kier alpha value is -0.220. The van der Waals surface area contributed by atoms with Crippen molar-refractivity contribution in [3.8, 4) is 0 Å². The smallest absolute Gasteiger partial charge is 0.235 e. The fraction of sp³-hybridized carbons (Fsp3) is 0.909. The fourth-order valence-corrected chi connectivity index (χ4v) is 3.35. The highest BCUT2D eigenvalue weighted by molar-refractivity contribution is 8.00. The zero-order valence-corrected chi connectivity index (χ0v) is 10.2. The molecule has 1 atom stereocenters. The molecule has 2 heterocycles. The minimum absolute atomic E-state index is 0.168. The number of hydrogen-bond donors (Lipinski definition) is 1. The lowest BCUT2D eigenvalue weighted by molar-refractivity contribution is -0.163. The maximum Gasteiger partial charge on any atom is 0.235 e. The third-order valence-corrected chi connectivity index (χ3v) is 4.88. The monoisotopic (exact) mass is 229 g/mol. The van der Waals surface area contributed by atoms with Gasteiger partial charge in [-0.15, -0.1) is 11.8 Å². The Labute approximate surface area is 95.2 Å². The van der Waals surface area contributed by atoms with E-state index in [1.165, 1.54) is 0 Å². The van der Waals surface area contributed by atoms with Crippen molar-refractivity contribution < 1.29 is 9.90 Å². The molecule has 0 spiro atoms. The van der Waals surface area contributed by atoms with Gasteiger partial charge in [0.1, 0.15) is 5.60 Å². The maximum atomic E-state index is 11.9. The summed E-state index contributed by atoms with van der Waals surface area (Å²) in [4.78, 5) is 13.7. The number of carbonyl (C=O) groups is 1. The average Bonchev–Trinajstić information content (AvgIpc) is 2.64. The minimum Gasteiger partial charge on any atom is -0.386 e. The van der Waals surface area contributed by atoms with Gasteiger partial charge in [-0.3, -0.25) is 4.79 Å². The quantitative estimate of drug-likeness (QED) is 0.771.